The Kier molecular flexibility index (Phi) is 11.2. The van der Waals surface area contributed by atoms with Crippen molar-refractivity contribution in [2.45, 2.75) is 106 Å². The van der Waals surface area contributed by atoms with Crippen LogP contribution in [-0.4, -0.2) is 5.91 Å². The number of benzene rings is 4. The summed E-state index contributed by atoms with van der Waals surface area (Å²) in [7, 11) is 0. The molecule has 1 heterocycles. The van der Waals surface area contributed by atoms with E-state index in [2.05, 4.69) is 135 Å². The van der Waals surface area contributed by atoms with E-state index in [1.54, 1.807) is 0 Å². The van der Waals surface area contributed by atoms with E-state index in [9.17, 15) is 4.79 Å². The molecule has 3 atom stereocenters. The number of allylic oxidation sites excluding steroid dienone is 1. The van der Waals surface area contributed by atoms with Crippen LogP contribution in [0.2, 0.25) is 0 Å². The van der Waals surface area contributed by atoms with Crippen molar-refractivity contribution in [2.24, 2.45) is 22.2 Å². The largest absolute Gasteiger partial charge is 0.398 e. The van der Waals surface area contributed by atoms with E-state index in [-0.39, 0.29) is 28.1 Å². The number of nitrogens with zero attached hydrogens (tertiary/aromatic N) is 1. The van der Waals surface area contributed by atoms with Crippen molar-refractivity contribution < 1.29 is 4.79 Å². The van der Waals surface area contributed by atoms with Crippen molar-refractivity contribution >= 4 is 17.3 Å². The van der Waals surface area contributed by atoms with Gasteiger partial charge in [0.1, 0.15) is 0 Å². The molecule has 4 aromatic carbocycles. The van der Waals surface area contributed by atoms with Crippen LogP contribution in [0.5, 0.6) is 0 Å². The Labute approximate surface area is 303 Å². The third kappa shape index (κ3) is 7.63. The van der Waals surface area contributed by atoms with E-state index in [1.807, 2.05) is 35.2 Å². The van der Waals surface area contributed by atoms with Gasteiger partial charge in [-0.15, -0.1) is 0 Å². The van der Waals surface area contributed by atoms with Gasteiger partial charge in [0.25, 0.3) is 0 Å². The molecule has 4 aromatic rings. The summed E-state index contributed by atoms with van der Waals surface area (Å²) in [6.07, 6.45) is 5.83. The second-order valence-corrected chi connectivity index (χ2v) is 16.6. The summed E-state index contributed by atoms with van der Waals surface area (Å²) in [4.78, 5) is 15.3. The van der Waals surface area contributed by atoms with Crippen molar-refractivity contribution in [1.29, 1.82) is 0 Å². The molecule has 1 aliphatic rings. The highest BCUT2D eigenvalue weighted by Crippen LogP contribution is 2.58. The number of para-hydroxylation sites is 1. The number of anilines is 2. The first-order valence-corrected chi connectivity index (χ1v) is 18.8. The molecule has 5 rings (SSSR count). The monoisotopic (exact) mass is 668 g/mol. The minimum Gasteiger partial charge on any atom is -0.398 e. The number of nitrogens with two attached hydrogens (primary N) is 1. The second kappa shape index (κ2) is 15.0. The number of aryl methyl sites for hydroxylation is 1. The average molecular weight is 669 g/mol. The fraction of sp³-hybridized carbons (Fsp3) is 0.426. The third-order valence-electron chi connectivity index (χ3n) is 12.7. The lowest BCUT2D eigenvalue weighted by atomic mass is 9.54. The van der Waals surface area contributed by atoms with Crippen molar-refractivity contribution in [2.75, 3.05) is 10.6 Å². The number of carbonyl (C=O) groups excluding carboxylic acids is 1. The molecule has 0 aromatic heterocycles. The SMILES string of the molecule is C=C1C(C(C)(C)C(C)(C)CC(c2ccccc2)C(C)(C)CCC(CC)c2ccc(-c3ccc(CC)c(N)c3)cc2)CC(=O)N1c1ccccc1. The zero-order valence-corrected chi connectivity index (χ0v) is 31.9. The molecule has 0 radical (unpaired) electrons. The van der Waals surface area contributed by atoms with Gasteiger partial charge in [0, 0.05) is 29.4 Å². The van der Waals surface area contributed by atoms with Gasteiger partial charge in [-0.25, -0.2) is 0 Å². The maximum atomic E-state index is 13.5. The van der Waals surface area contributed by atoms with Crippen LogP contribution in [0.3, 0.4) is 0 Å². The first kappa shape index (κ1) is 37.2. The van der Waals surface area contributed by atoms with Crippen LogP contribution >= 0.6 is 0 Å². The average Bonchev–Trinajstić information content (AvgIpc) is 3.42. The van der Waals surface area contributed by atoms with Crippen LogP contribution in [0.25, 0.3) is 11.1 Å². The topological polar surface area (TPSA) is 46.3 Å². The number of amides is 1. The predicted octanol–water partition coefficient (Wildman–Crippen LogP) is 12.6. The highest BCUT2D eigenvalue weighted by Gasteiger charge is 2.51. The Morgan fingerprint density at radius 2 is 1.40 bits per heavy atom. The number of carbonyl (C=O) groups is 1. The normalized spacial score (nSPS) is 16.9. The lowest BCUT2D eigenvalue weighted by molar-refractivity contribution is -0.118. The lowest BCUT2D eigenvalue weighted by Crippen LogP contribution is -2.42. The van der Waals surface area contributed by atoms with Crippen molar-refractivity contribution in [3.63, 3.8) is 0 Å². The molecule has 1 saturated heterocycles. The molecule has 50 heavy (non-hydrogen) atoms. The van der Waals surface area contributed by atoms with Gasteiger partial charge >= 0.3 is 0 Å². The molecular formula is C47H60N2O. The Balaban J connectivity index is 1.35. The fourth-order valence-electron chi connectivity index (χ4n) is 8.41. The summed E-state index contributed by atoms with van der Waals surface area (Å²) in [6.45, 7) is 23.5. The first-order valence-electron chi connectivity index (χ1n) is 18.8. The van der Waals surface area contributed by atoms with Gasteiger partial charge in [-0.1, -0.05) is 147 Å². The number of hydrogen-bond donors (Lipinski definition) is 1. The minimum atomic E-state index is -0.165. The molecule has 2 N–H and O–H groups in total. The van der Waals surface area contributed by atoms with Crippen LogP contribution in [0.4, 0.5) is 11.4 Å². The Morgan fingerprint density at radius 1 is 0.800 bits per heavy atom. The Morgan fingerprint density at radius 3 is 1.98 bits per heavy atom. The molecule has 3 heteroatoms. The van der Waals surface area contributed by atoms with Crippen LogP contribution in [0.15, 0.2) is 115 Å². The first-order chi connectivity index (χ1) is 23.7. The summed E-state index contributed by atoms with van der Waals surface area (Å²) in [5.41, 5.74) is 15.3. The molecule has 1 fully saturated rings. The van der Waals surface area contributed by atoms with Gasteiger partial charge in [0.15, 0.2) is 0 Å². The standard InChI is InChI=1S/C47H60N2O/c1-10-34(36-23-25-37(26-24-36)39-27-22-35(11-2)43(48)30-39)28-29-45(4,5)42(38-18-14-12-15-19-38)32-46(6,7)47(8,9)41-31-44(50)49(33(41)3)40-20-16-13-17-21-40/h12-27,30,34,41-42H,3,10-11,28-29,31-32,48H2,1-2,4-9H3. The van der Waals surface area contributed by atoms with Crippen LogP contribution in [0, 0.1) is 22.2 Å². The zero-order valence-electron chi connectivity index (χ0n) is 31.9. The fourth-order valence-corrected chi connectivity index (χ4v) is 8.41. The van der Waals surface area contributed by atoms with Crippen LogP contribution in [-0.2, 0) is 11.2 Å². The summed E-state index contributed by atoms with van der Waals surface area (Å²) >= 11 is 0. The summed E-state index contributed by atoms with van der Waals surface area (Å²) in [5, 5.41) is 0. The predicted molar refractivity (Wildman–Crippen MR) is 214 cm³/mol. The highest BCUT2D eigenvalue weighted by molar-refractivity contribution is 5.99. The van der Waals surface area contributed by atoms with E-state index in [1.165, 1.54) is 27.8 Å². The molecule has 3 unspecified atom stereocenters. The third-order valence-corrected chi connectivity index (χ3v) is 12.7. The van der Waals surface area contributed by atoms with Gasteiger partial charge in [0.2, 0.25) is 5.91 Å². The van der Waals surface area contributed by atoms with Crippen molar-refractivity contribution in [1.82, 2.24) is 0 Å². The maximum absolute atomic E-state index is 13.5. The Bertz CT molecular complexity index is 1750. The molecule has 1 amide bonds. The van der Waals surface area contributed by atoms with E-state index in [0.717, 1.165) is 49.2 Å². The highest BCUT2D eigenvalue weighted by atomic mass is 16.2. The van der Waals surface area contributed by atoms with Crippen molar-refractivity contribution in [3.05, 3.63) is 132 Å². The molecule has 0 saturated carbocycles. The zero-order chi connectivity index (χ0) is 36.3. The smallest absolute Gasteiger partial charge is 0.231 e. The Hall–Kier alpha value is -4.11. The number of nitrogen functional groups attached to an aromatic ring is 1. The van der Waals surface area contributed by atoms with E-state index in [4.69, 9.17) is 5.73 Å². The second-order valence-electron chi connectivity index (χ2n) is 16.6. The summed E-state index contributed by atoms with van der Waals surface area (Å²) < 4.78 is 0. The lowest BCUT2D eigenvalue weighted by Gasteiger charge is -2.50. The van der Waals surface area contributed by atoms with Crippen LogP contribution in [0.1, 0.15) is 116 Å². The van der Waals surface area contributed by atoms with Gasteiger partial charge in [-0.2, -0.15) is 0 Å². The van der Waals surface area contributed by atoms with E-state index in [0.29, 0.717) is 18.3 Å². The van der Waals surface area contributed by atoms with Crippen molar-refractivity contribution in [3.8, 4) is 11.1 Å². The minimum absolute atomic E-state index is 0.0548. The quantitative estimate of drug-likeness (QED) is 0.136. The molecule has 3 nitrogen and oxygen atoms in total. The van der Waals surface area contributed by atoms with E-state index < -0.39 is 0 Å². The summed E-state index contributed by atoms with van der Waals surface area (Å²) in [5.74, 6) is 1.06. The molecule has 0 spiro atoms. The number of rotatable bonds is 14. The van der Waals surface area contributed by atoms with Gasteiger partial charge in [0.05, 0.1) is 0 Å². The molecule has 0 aliphatic carbocycles. The van der Waals surface area contributed by atoms with Crippen LogP contribution < -0.4 is 10.6 Å². The van der Waals surface area contributed by atoms with Gasteiger partial charge < -0.3 is 5.73 Å². The van der Waals surface area contributed by atoms with Gasteiger partial charge in [-0.3, -0.25) is 9.69 Å². The summed E-state index contributed by atoms with van der Waals surface area (Å²) in [6, 6.07) is 36.8. The number of hydrogen-bond acceptors (Lipinski definition) is 2. The van der Waals surface area contributed by atoms with Gasteiger partial charge in [-0.05, 0) is 106 Å². The maximum Gasteiger partial charge on any atom is 0.231 e. The molecule has 1 aliphatic heterocycles. The molecule has 264 valence electrons. The van der Waals surface area contributed by atoms with E-state index >= 15 is 0 Å². The molecule has 0 bridgehead atoms. The molecular weight excluding hydrogens is 609 g/mol.